The lowest BCUT2D eigenvalue weighted by Crippen LogP contribution is -1.98. The smallest absolute Gasteiger partial charge is 0.136 e. The highest BCUT2D eigenvalue weighted by molar-refractivity contribution is 7.18. The Morgan fingerprint density at radius 2 is 1.68 bits per heavy atom. The van der Waals surface area contributed by atoms with Crippen molar-refractivity contribution in [2.75, 3.05) is 0 Å². The molecule has 0 aliphatic rings. The van der Waals surface area contributed by atoms with Gasteiger partial charge in [0.15, 0.2) is 0 Å². The first-order valence-corrected chi connectivity index (χ1v) is 8.59. The SMILES string of the molecule is CC.CC.Cc1cc(Cc2nc(C)c3cc(C)sc3n2)no1. The lowest BCUT2D eigenvalue weighted by Gasteiger charge is -2.00. The van der Waals surface area contributed by atoms with Crippen molar-refractivity contribution in [1.82, 2.24) is 15.1 Å². The van der Waals surface area contributed by atoms with Crippen LogP contribution in [0.5, 0.6) is 0 Å². The zero-order valence-corrected chi connectivity index (χ0v) is 15.3. The Bertz CT molecular complexity index is 716. The van der Waals surface area contributed by atoms with Crippen LogP contribution in [0.15, 0.2) is 16.7 Å². The molecule has 3 heterocycles. The maximum absolute atomic E-state index is 5.06. The topological polar surface area (TPSA) is 51.8 Å². The van der Waals surface area contributed by atoms with E-state index in [2.05, 4.69) is 28.1 Å². The van der Waals surface area contributed by atoms with Gasteiger partial charge < -0.3 is 4.52 Å². The van der Waals surface area contributed by atoms with Crippen LogP contribution >= 0.6 is 11.3 Å². The van der Waals surface area contributed by atoms with Crippen LogP contribution in [0.3, 0.4) is 0 Å². The minimum absolute atomic E-state index is 0.616. The number of hydrogen-bond acceptors (Lipinski definition) is 5. The first kappa shape index (κ1) is 18.3. The van der Waals surface area contributed by atoms with Crippen molar-refractivity contribution < 1.29 is 4.52 Å². The summed E-state index contributed by atoms with van der Waals surface area (Å²) in [5.74, 6) is 1.62. The third kappa shape index (κ3) is 4.37. The molecule has 0 N–H and O–H groups in total. The molecule has 0 amide bonds. The van der Waals surface area contributed by atoms with Crippen LogP contribution in [-0.2, 0) is 6.42 Å². The van der Waals surface area contributed by atoms with Crippen LogP contribution in [-0.4, -0.2) is 15.1 Å². The number of thiophene rings is 1. The van der Waals surface area contributed by atoms with Crippen molar-refractivity contribution in [3.63, 3.8) is 0 Å². The van der Waals surface area contributed by atoms with Gasteiger partial charge in [0, 0.05) is 22.0 Å². The zero-order valence-electron chi connectivity index (χ0n) is 14.5. The molecule has 120 valence electrons. The van der Waals surface area contributed by atoms with E-state index in [1.54, 1.807) is 11.3 Å². The second kappa shape index (κ2) is 8.63. The van der Waals surface area contributed by atoms with Gasteiger partial charge in [0.2, 0.25) is 0 Å². The molecule has 3 rings (SSSR count). The maximum atomic E-state index is 5.06. The number of rotatable bonds is 2. The normalized spacial score (nSPS) is 9.77. The van der Waals surface area contributed by atoms with Gasteiger partial charge in [0.25, 0.3) is 0 Å². The van der Waals surface area contributed by atoms with Crippen molar-refractivity contribution in [3.8, 4) is 0 Å². The molecule has 0 unspecified atom stereocenters. The molecule has 0 fully saturated rings. The number of hydrogen-bond donors (Lipinski definition) is 0. The molecule has 0 bridgehead atoms. The maximum Gasteiger partial charge on any atom is 0.136 e. The third-order valence-corrected chi connectivity index (χ3v) is 3.71. The Labute approximate surface area is 136 Å². The van der Waals surface area contributed by atoms with E-state index < -0.39 is 0 Å². The van der Waals surface area contributed by atoms with Gasteiger partial charge in [0.05, 0.1) is 12.1 Å². The third-order valence-electron chi connectivity index (χ3n) is 2.77. The Kier molecular flexibility index (Phi) is 7.18. The second-order valence-corrected chi connectivity index (χ2v) is 5.64. The van der Waals surface area contributed by atoms with Crippen molar-refractivity contribution in [2.24, 2.45) is 0 Å². The summed E-state index contributed by atoms with van der Waals surface area (Å²) in [6.45, 7) is 14.0. The fourth-order valence-electron chi connectivity index (χ4n) is 1.98. The van der Waals surface area contributed by atoms with Crippen LogP contribution in [0.2, 0.25) is 0 Å². The predicted molar refractivity (Wildman–Crippen MR) is 93.6 cm³/mol. The predicted octanol–water partition coefficient (Wildman–Crippen LogP) is 5.25. The molecule has 0 aromatic carbocycles. The van der Waals surface area contributed by atoms with Gasteiger partial charge in [-0.2, -0.15) is 0 Å². The fourth-order valence-corrected chi connectivity index (χ4v) is 2.93. The summed E-state index contributed by atoms with van der Waals surface area (Å²) in [4.78, 5) is 11.4. The van der Waals surface area contributed by atoms with E-state index in [9.17, 15) is 0 Å². The van der Waals surface area contributed by atoms with Gasteiger partial charge in [-0.1, -0.05) is 32.9 Å². The van der Waals surface area contributed by atoms with E-state index >= 15 is 0 Å². The highest BCUT2D eigenvalue weighted by Gasteiger charge is 2.09. The van der Waals surface area contributed by atoms with E-state index in [0.29, 0.717) is 6.42 Å². The molecule has 0 aliphatic carbocycles. The summed E-state index contributed by atoms with van der Waals surface area (Å²) in [7, 11) is 0. The van der Waals surface area contributed by atoms with Crippen LogP contribution in [0.4, 0.5) is 0 Å². The van der Waals surface area contributed by atoms with Gasteiger partial charge in [-0.25, -0.2) is 9.97 Å². The molecule has 0 saturated heterocycles. The summed E-state index contributed by atoms with van der Waals surface area (Å²) < 4.78 is 5.06. The Morgan fingerprint density at radius 3 is 2.27 bits per heavy atom. The van der Waals surface area contributed by atoms with E-state index in [1.165, 1.54) is 4.88 Å². The van der Waals surface area contributed by atoms with Crippen molar-refractivity contribution in [1.29, 1.82) is 0 Å². The lowest BCUT2D eigenvalue weighted by molar-refractivity contribution is 0.391. The quantitative estimate of drug-likeness (QED) is 0.647. The van der Waals surface area contributed by atoms with E-state index in [4.69, 9.17) is 4.52 Å². The first-order chi connectivity index (χ1) is 10.6. The van der Waals surface area contributed by atoms with Crippen LogP contribution in [0.1, 0.15) is 55.5 Å². The minimum Gasteiger partial charge on any atom is -0.361 e. The molecule has 5 heteroatoms. The van der Waals surface area contributed by atoms with E-state index in [0.717, 1.165) is 33.2 Å². The van der Waals surface area contributed by atoms with E-state index in [-0.39, 0.29) is 0 Å². The molecule has 3 aromatic heterocycles. The average molecular weight is 319 g/mol. The number of aromatic nitrogens is 3. The standard InChI is InChI=1S/C13H13N3OS.2C2H6/c1-7-4-10(16-17-7)6-12-14-9(3)11-5-8(2)18-13(11)15-12;2*1-2/h4-5H,6H2,1-3H3;2*1-2H3. The van der Waals surface area contributed by atoms with Gasteiger partial charge in [-0.3, -0.25) is 0 Å². The molecule has 0 saturated carbocycles. The van der Waals surface area contributed by atoms with Gasteiger partial charge in [-0.05, 0) is 26.8 Å². The second-order valence-electron chi connectivity index (χ2n) is 4.41. The molecule has 0 atom stereocenters. The highest BCUT2D eigenvalue weighted by atomic mass is 32.1. The highest BCUT2D eigenvalue weighted by Crippen LogP contribution is 2.25. The Morgan fingerprint density at radius 1 is 1.00 bits per heavy atom. The summed E-state index contributed by atoms with van der Waals surface area (Å²) in [6, 6.07) is 4.06. The molecule has 3 aromatic rings. The molecular formula is C17H25N3OS. The van der Waals surface area contributed by atoms with Crippen LogP contribution in [0.25, 0.3) is 10.2 Å². The summed E-state index contributed by atoms with van der Waals surface area (Å²) in [6.07, 6.45) is 0.616. The largest absolute Gasteiger partial charge is 0.361 e. The van der Waals surface area contributed by atoms with Crippen molar-refractivity contribution in [2.45, 2.75) is 54.9 Å². The van der Waals surface area contributed by atoms with Crippen LogP contribution < -0.4 is 0 Å². The molecule has 0 spiro atoms. The first-order valence-electron chi connectivity index (χ1n) is 7.77. The van der Waals surface area contributed by atoms with Crippen molar-refractivity contribution in [3.05, 3.63) is 40.0 Å². The van der Waals surface area contributed by atoms with Crippen molar-refractivity contribution >= 4 is 21.6 Å². The number of fused-ring (bicyclic) bond motifs is 1. The fraction of sp³-hybridized carbons (Fsp3) is 0.471. The minimum atomic E-state index is 0.616. The average Bonchev–Trinajstić information content (AvgIpc) is 3.09. The Hall–Kier alpha value is -1.75. The zero-order chi connectivity index (χ0) is 16.7. The van der Waals surface area contributed by atoms with Gasteiger partial charge >= 0.3 is 0 Å². The summed E-state index contributed by atoms with van der Waals surface area (Å²) >= 11 is 1.70. The van der Waals surface area contributed by atoms with Gasteiger partial charge in [-0.15, -0.1) is 11.3 Å². The summed E-state index contributed by atoms with van der Waals surface area (Å²) in [5.41, 5.74) is 1.90. The summed E-state index contributed by atoms with van der Waals surface area (Å²) in [5, 5.41) is 5.12. The molecular weight excluding hydrogens is 294 g/mol. The van der Waals surface area contributed by atoms with Gasteiger partial charge in [0.1, 0.15) is 16.4 Å². The number of aryl methyl sites for hydroxylation is 3. The van der Waals surface area contributed by atoms with Crippen LogP contribution in [0, 0.1) is 20.8 Å². The Balaban J connectivity index is 0.000000561. The monoisotopic (exact) mass is 319 g/mol. The molecule has 4 nitrogen and oxygen atoms in total. The lowest BCUT2D eigenvalue weighted by atomic mass is 10.2. The van der Waals surface area contributed by atoms with E-state index in [1.807, 2.05) is 47.6 Å². The molecule has 0 radical (unpaired) electrons. The number of nitrogens with zero attached hydrogens (tertiary/aromatic N) is 3. The molecule has 22 heavy (non-hydrogen) atoms. The molecule has 0 aliphatic heterocycles.